The van der Waals surface area contributed by atoms with Gasteiger partial charge in [0.25, 0.3) is 5.91 Å². The monoisotopic (exact) mass is 305 g/mol. The van der Waals surface area contributed by atoms with Gasteiger partial charge in [-0.25, -0.2) is 0 Å². The van der Waals surface area contributed by atoms with Crippen molar-refractivity contribution in [2.75, 3.05) is 13.1 Å². The number of carbonyl (C=O) groups excluding carboxylic acids is 1. The van der Waals surface area contributed by atoms with Crippen LogP contribution >= 0.6 is 24.8 Å². The van der Waals surface area contributed by atoms with E-state index in [0.717, 1.165) is 18.7 Å². The normalized spacial score (nSPS) is 22.2. The lowest BCUT2D eigenvalue weighted by Crippen LogP contribution is -2.55. The first-order valence-corrected chi connectivity index (χ1v) is 6.03. The van der Waals surface area contributed by atoms with Crippen molar-refractivity contribution < 1.29 is 4.79 Å². The molecular formula is C13H21Cl2N3O. The van der Waals surface area contributed by atoms with Crippen LogP contribution in [0, 0.1) is 6.92 Å². The summed E-state index contributed by atoms with van der Waals surface area (Å²) in [5.74, 6) is 0.0846. The van der Waals surface area contributed by atoms with Gasteiger partial charge in [0.05, 0.1) is 5.56 Å². The maximum absolute atomic E-state index is 12.3. The smallest absolute Gasteiger partial charge is 0.255 e. The molecular weight excluding hydrogens is 285 g/mol. The number of halogens is 2. The zero-order valence-corrected chi connectivity index (χ0v) is 13.1. The molecule has 2 atom stereocenters. The highest BCUT2D eigenvalue weighted by molar-refractivity contribution is 5.94. The SMILES string of the molecule is Cc1cncc(C(=O)N2CC(C)NC(C)C2)c1.Cl.Cl. The van der Waals surface area contributed by atoms with Gasteiger partial charge in [-0.15, -0.1) is 24.8 Å². The maximum Gasteiger partial charge on any atom is 0.255 e. The Morgan fingerprint density at radius 3 is 2.37 bits per heavy atom. The quantitative estimate of drug-likeness (QED) is 0.864. The topological polar surface area (TPSA) is 45.2 Å². The first-order chi connectivity index (χ1) is 8.06. The summed E-state index contributed by atoms with van der Waals surface area (Å²) in [6.07, 6.45) is 3.41. The van der Waals surface area contributed by atoms with Gasteiger partial charge in [-0.05, 0) is 32.4 Å². The number of nitrogens with one attached hydrogen (secondary N) is 1. The van der Waals surface area contributed by atoms with E-state index in [1.54, 1.807) is 12.4 Å². The van der Waals surface area contributed by atoms with Crippen molar-refractivity contribution in [2.45, 2.75) is 32.9 Å². The maximum atomic E-state index is 12.3. The molecule has 1 aliphatic rings. The van der Waals surface area contributed by atoms with Gasteiger partial charge in [-0.1, -0.05) is 0 Å². The summed E-state index contributed by atoms with van der Waals surface area (Å²) in [5.41, 5.74) is 1.71. The third-order valence-electron chi connectivity index (χ3n) is 2.97. The van der Waals surface area contributed by atoms with Gasteiger partial charge in [-0.2, -0.15) is 0 Å². The molecule has 0 radical (unpaired) electrons. The first kappa shape index (κ1) is 18.2. The van der Waals surface area contributed by atoms with Gasteiger partial charge in [0.1, 0.15) is 0 Å². The van der Waals surface area contributed by atoms with Crippen molar-refractivity contribution >= 4 is 30.7 Å². The van der Waals surface area contributed by atoms with Gasteiger partial charge in [0, 0.05) is 37.6 Å². The van der Waals surface area contributed by atoms with Crippen LogP contribution in [-0.4, -0.2) is 41.0 Å². The van der Waals surface area contributed by atoms with Crippen molar-refractivity contribution in [1.29, 1.82) is 0 Å². The van der Waals surface area contributed by atoms with Crippen LogP contribution in [0.4, 0.5) is 0 Å². The molecule has 6 heteroatoms. The fraction of sp³-hybridized carbons (Fsp3) is 0.538. The molecule has 0 aliphatic carbocycles. The lowest BCUT2D eigenvalue weighted by molar-refractivity contribution is 0.0673. The lowest BCUT2D eigenvalue weighted by atomic mass is 10.1. The van der Waals surface area contributed by atoms with E-state index in [1.165, 1.54) is 0 Å². The molecule has 0 spiro atoms. The van der Waals surface area contributed by atoms with Crippen molar-refractivity contribution in [1.82, 2.24) is 15.2 Å². The van der Waals surface area contributed by atoms with Gasteiger partial charge in [0.15, 0.2) is 0 Å². The third kappa shape index (κ3) is 4.64. The molecule has 4 nitrogen and oxygen atoms in total. The molecule has 1 aliphatic heterocycles. The number of rotatable bonds is 1. The van der Waals surface area contributed by atoms with Crippen LogP contribution in [0.15, 0.2) is 18.5 Å². The summed E-state index contributed by atoms with van der Waals surface area (Å²) in [5, 5.41) is 3.42. The molecule has 1 aromatic heterocycles. The molecule has 19 heavy (non-hydrogen) atoms. The molecule has 2 rings (SSSR count). The predicted molar refractivity (Wildman–Crippen MR) is 81.4 cm³/mol. The van der Waals surface area contributed by atoms with E-state index in [1.807, 2.05) is 17.9 Å². The molecule has 2 heterocycles. The molecule has 1 aromatic rings. The summed E-state index contributed by atoms with van der Waals surface area (Å²) in [7, 11) is 0. The molecule has 1 N–H and O–H groups in total. The van der Waals surface area contributed by atoms with Gasteiger partial charge >= 0.3 is 0 Å². The highest BCUT2D eigenvalue weighted by Crippen LogP contribution is 2.10. The fourth-order valence-corrected chi connectivity index (χ4v) is 2.35. The third-order valence-corrected chi connectivity index (χ3v) is 2.97. The summed E-state index contributed by atoms with van der Waals surface area (Å²) in [4.78, 5) is 18.3. The number of carbonyl (C=O) groups is 1. The van der Waals surface area contributed by atoms with E-state index >= 15 is 0 Å². The molecule has 0 aromatic carbocycles. The molecule has 1 saturated heterocycles. The number of nitrogens with zero attached hydrogens (tertiary/aromatic N) is 2. The standard InChI is InChI=1S/C13H19N3O.2ClH/c1-9-4-12(6-14-5-9)13(17)16-7-10(2)15-11(3)8-16;;/h4-6,10-11,15H,7-8H2,1-3H3;2*1H. The summed E-state index contributed by atoms with van der Waals surface area (Å²) >= 11 is 0. The van der Waals surface area contributed by atoms with Crippen molar-refractivity contribution in [3.8, 4) is 0 Å². The number of hydrogen-bond donors (Lipinski definition) is 1. The van der Waals surface area contributed by atoms with Crippen LogP contribution < -0.4 is 5.32 Å². The minimum absolute atomic E-state index is 0. The Hall–Kier alpha value is -0.840. The Morgan fingerprint density at radius 1 is 1.26 bits per heavy atom. The van der Waals surface area contributed by atoms with Gasteiger partial charge in [-0.3, -0.25) is 9.78 Å². The molecule has 2 unspecified atom stereocenters. The number of aromatic nitrogens is 1. The second-order valence-corrected chi connectivity index (χ2v) is 4.93. The summed E-state index contributed by atoms with van der Waals surface area (Å²) in [6, 6.07) is 2.59. The molecule has 1 fully saturated rings. The average molecular weight is 306 g/mol. The number of piperazine rings is 1. The van der Waals surface area contributed by atoms with Crippen molar-refractivity contribution in [2.24, 2.45) is 0 Å². The molecule has 0 saturated carbocycles. The lowest BCUT2D eigenvalue weighted by Gasteiger charge is -2.36. The number of pyridine rings is 1. The molecule has 108 valence electrons. The number of hydrogen-bond acceptors (Lipinski definition) is 3. The Balaban J connectivity index is 0.00000162. The second kappa shape index (κ2) is 7.68. The highest BCUT2D eigenvalue weighted by atomic mass is 35.5. The Labute approximate surface area is 126 Å². The van der Waals surface area contributed by atoms with Crippen LogP contribution in [0.25, 0.3) is 0 Å². The van der Waals surface area contributed by atoms with Crippen LogP contribution in [0.5, 0.6) is 0 Å². The van der Waals surface area contributed by atoms with E-state index in [4.69, 9.17) is 0 Å². The Morgan fingerprint density at radius 2 is 1.84 bits per heavy atom. The Kier molecular flexibility index (Phi) is 7.34. The molecule has 0 bridgehead atoms. The highest BCUT2D eigenvalue weighted by Gasteiger charge is 2.25. The van der Waals surface area contributed by atoms with E-state index in [2.05, 4.69) is 24.1 Å². The second-order valence-electron chi connectivity index (χ2n) is 4.93. The van der Waals surface area contributed by atoms with Gasteiger partial charge in [0.2, 0.25) is 0 Å². The first-order valence-electron chi connectivity index (χ1n) is 6.03. The fourth-order valence-electron chi connectivity index (χ4n) is 2.35. The summed E-state index contributed by atoms with van der Waals surface area (Å²) < 4.78 is 0. The minimum atomic E-state index is 0. The van der Waals surface area contributed by atoms with E-state index in [9.17, 15) is 4.79 Å². The predicted octanol–water partition coefficient (Wildman–Crippen LogP) is 2.06. The van der Waals surface area contributed by atoms with Crippen molar-refractivity contribution in [3.05, 3.63) is 29.6 Å². The van der Waals surface area contributed by atoms with E-state index in [0.29, 0.717) is 17.6 Å². The van der Waals surface area contributed by atoms with Crippen LogP contribution in [0.3, 0.4) is 0 Å². The summed E-state index contributed by atoms with van der Waals surface area (Å²) in [6.45, 7) is 7.68. The average Bonchev–Trinajstić information content (AvgIpc) is 2.26. The van der Waals surface area contributed by atoms with Crippen molar-refractivity contribution in [3.63, 3.8) is 0 Å². The zero-order valence-electron chi connectivity index (χ0n) is 11.4. The molecule has 1 amide bonds. The van der Waals surface area contributed by atoms with Crippen LogP contribution in [-0.2, 0) is 0 Å². The van der Waals surface area contributed by atoms with E-state index in [-0.39, 0.29) is 30.7 Å². The number of amides is 1. The van der Waals surface area contributed by atoms with E-state index < -0.39 is 0 Å². The van der Waals surface area contributed by atoms with Crippen LogP contribution in [0.1, 0.15) is 29.8 Å². The minimum Gasteiger partial charge on any atom is -0.335 e. The largest absolute Gasteiger partial charge is 0.335 e. The zero-order chi connectivity index (χ0) is 12.4. The van der Waals surface area contributed by atoms with Crippen LogP contribution in [0.2, 0.25) is 0 Å². The number of aryl methyl sites for hydroxylation is 1. The van der Waals surface area contributed by atoms with Gasteiger partial charge < -0.3 is 10.2 Å². The Bertz CT molecular complexity index is 418.